The first-order valence-corrected chi connectivity index (χ1v) is 12.5. The zero-order valence-corrected chi connectivity index (χ0v) is 21.8. The molecule has 0 fully saturated rings. The van der Waals surface area contributed by atoms with E-state index in [9.17, 15) is 14.4 Å². The lowest BCUT2D eigenvalue weighted by Gasteiger charge is -2.34. The molecule has 2 aromatic carbocycles. The molecular formula is C29H35N3O4. The van der Waals surface area contributed by atoms with Crippen molar-refractivity contribution >= 4 is 29.2 Å². The molecule has 0 saturated heterocycles. The number of carbonyl (C=O) groups is 3. The van der Waals surface area contributed by atoms with E-state index in [-0.39, 0.29) is 17.9 Å². The van der Waals surface area contributed by atoms with Gasteiger partial charge in [0.2, 0.25) is 12.3 Å². The van der Waals surface area contributed by atoms with E-state index in [0.717, 1.165) is 28.5 Å². The first kappa shape index (κ1) is 25.6. The number of nitrogens with zero attached hydrogens (tertiary/aromatic N) is 3. The molecule has 7 heteroatoms. The Hall–Kier alpha value is -3.45. The van der Waals surface area contributed by atoms with Crippen LogP contribution in [0.5, 0.6) is 0 Å². The number of fused-ring (bicyclic) bond motifs is 3. The van der Waals surface area contributed by atoms with Crippen LogP contribution >= 0.6 is 0 Å². The third-order valence-electron chi connectivity index (χ3n) is 6.61. The minimum Gasteiger partial charge on any atom is -0.456 e. The molecule has 0 bridgehead atoms. The average Bonchev–Trinajstić information content (AvgIpc) is 3.13. The lowest BCUT2D eigenvalue weighted by Crippen LogP contribution is -2.50. The van der Waals surface area contributed by atoms with Crippen molar-refractivity contribution in [1.29, 1.82) is 0 Å². The summed E-state index contributed by atoms with van der Waals surface area (Å²) in [5, 5.41) is 1.14. The van der Waals surface area contributed by atoms with Crippen molar-refractivity contribution < 1.29 is 19.1 Å². The van der Waals surface area contributed by atoms with Gasteiger partial charge in [-0.1, -0.05) is 37.3 Å². The van der Waals surface area contributed by atoms with Crippen LogP contribution in [0.3, 0.4) is 0 Å². The number of amides is 2. The number of esters is 1. The van der Waals surface area contributed by atoms with Crippen molar-refractivity contribution in [3.8, 4) is 0 Å². The van der Waals surface area contributed by atoms with Gasteiger partial charge in [-0.25, -0.2) is 4.79 Å². The highest BCUT2D eigenvalue weighted by Gasteiger charge is 2.35. The maximum absolute atomic E-state index is 13.2. The Balaban J connectivity index is 1.64. The molecule has 0 N–H and O–H groups in total. The van der Waals surface area contributed by atoms with Gasteiger partial charge in [-0.2, -0.15) is 0 Å². The summed E-state index contributed by atoms with van der Waals surface area (Å²) in [6.45, 7) is 9.21. The van der Waals surface area contributed by atoms with E-state index in [1.54, 1.807) is 0 Å². The Morgan fingerprint density at radius 3 is 2.44 bits per heavy atom. The molecule has 1 aliphatic heterocycles. The lowest BCUT2D eigenvalue weighted by atomic mass is 9.96. The van der Waals surface area contributed by atoms with E-state index in [0.29, 0.717) is 38.0 Å². The molecule has 7 nitrogen and oxygen atoms in total. The van der Waals surface area contributed by atoms with Gasteiger partial charge in [-0.15, -0.1) is 0 Å². The Kier molecular flexibility index (Phi) is 7.31. The fourth-order valence-electron chi connectivity index (χ4n) is 4.90. The Labute approximate surface area is 212 Å². The fraction of sp³-hybridized carbons (Fsp3) is 0.414. The number of ether oxygens (including phenoxy) is 1. The van der Waals surface area contributed by atoms with E-state index in [2.05, 4.69) is 16.7 Å². The van der Waals surface area contributed by atoms with Crippen LogP contribution in [0, 0.1) is 0 Å². The molecule has 190 valence electrons. The zero-order chi connectivity index (χ0) is 26.0. The standard InChI is InChI=1S/C29H35N3O4/c1-6-15-31(19-33)27(34)25-16-23-22-9-7-8-10-24(22)32(26(23)18-30(25)5)17-20-11-13-21(14-12-20)28(35)36-29(2,3)4/h7-14,19,25H,6,15-18H2,1-5H3. The molecule has 1 aromatic heterocycles. The third-order valence-corrected chi connectivity index (χ3v) is 6.61. The quantitative estimate of drug-likeness (QED) is 0.363. The van der Waals surface area contributed by atoms with Crippen molar-refractivity contribution in [2.24, 2.45) is 0 Å². The van der Waals surface area contributed by atoms with E-state index in [1.165, 1.54) is 10.6 Å². The van der Waals surface area contributed by atoms with E-state index < -0.39 is 5.60 Å². The lowest BCUT2D eigenvalue weighted by molar-refractivity contribution is -0.142. The molecule has 0 aliphatic carbocycles. The van der Waals surface area contributed by atoms with Crippen LogP contribution in [0.25, 0.3) is 10.9 Å². The topological polar surface area (TPSA) is 71.8 Å². The number of aromatic nitrogens is 1. The summed E-state index contributed by atoms with van der Waals surface area (Å²) in [5.41, 5.74) is 4.51. The number of imide groups is 1. The Bertz CT molecular complexity index is 1270. The number of likely N-dealkylation sites (N-methyl/N-ethyl adjacent to an activating group) is 1. The van der Waals surface area contributed by atoms with Crippen molar-refractivity contribution in [1.82, 2.24) is 14.4 Å². The zero-order valence-electron chi connectivity index (χ0n) is 21.8. The summed E-state index contributed by atoms with van der Waals surface area (Å²) in [4.78, 5) is 40.4. The highest BCUT2D eigenvalue weighted by Crippen LogP contribution is 2.33. The maximum atomic E-state index is 13.2. The van der Waals surface area contributed by atoms with Gasteiger partial charge in [0.05, 0.1) is 11.6 Å². The molecule has 36 heavy (non-hydrogen) atoms. The number of carbonyl (C=O) groups excluding carboxylic acids is 3. The van der Waals surface area contributed by atoms with Crippen LogP contribution in [-0.2, 0) is 33.8 Å². The first-order chi connectivity index (χ1) is 17.1. The average molecular weight is 490 g/mol. The number of benzene rings is 2. The highest BCUT2D eigenvalue weighted by molar-refractivity contribution is 5.93. The summed E-state index contributed by atoms with van der Waals surface area (Å²) in [6, 6.07) is 15.4. The SMILES string of the molecule is CCCN(C=O)C(=O)C1Cc2c(n(Cc3ccc(C(=O)OC(C)(C)C)cc3)c3ccccc23)CN1C. The van der Waals surface area contributed by atoms with Gasteiger partial charge in [-0.3, -0.25) is 19.4 Å². The molecule has 1 atom stereocenters. The van der Waals surface area contributed by atoms with Crippen LogP contribution in [0.15, 0.2) is 48.5 Å². The largest absolute Gasteiger partial charge is 0.456 e. The van der Waals surface area contributed by atoms with Gasteiger partial charge < -0.3 is 9.30 Å². The normalized spacial score (nSPS) is 16.0. The van der Waals surface area contributed by atoms with E-state index >= 15 is 0 Å². The number of rotatable bonds is 7. The van der Waals surface area contributed by atoms with Gasteiger partial charge in [-0.05, 0) is 70.0 Å². The molecule has 0 spiro atoms. The van der Waals surface area contributed by atoms with Gasteiger partial charge in [0.1, 0.15) is 5.60 Å². The molecule has 0 saturated carbocycles. The Morgan fingerprint density at radius 2 is 1.81 bits per heavy atom. The molecular weight excluding hydrogens is 454 g/mol. The number of hydrogen-bond donors (Lipinski definition) is 0. The minimum atomic E-state index is -0.538. The summed E-state index contributed by atoms with van der Waals surface area (Å²) >= 11 is 0. The molecule has 1 unspecified atom stereocenters. The first-order valence-electron chi connectivity index (χ1n) is 12.5. The van der Waals surface area contributed by atoms with Crippen molar-refractivity contribution in [2.45, 2.75) is 65.3 Å². The van der Waals surface area contributed by atoms with Gasteiger partial charge >= 0.3 is 5.97 Å². The predicted molar refractivity (Wildman–Crippen MR) is 140 cm³/mol. The Morgan fingerprint density at radius 1 is 1.11 bits per heavy atom. The van der Waals surface area contributed by atoms with Gasteiger partial charge in [0.15, 0.2) is 0 Å². The monoisotopic (exact) mass is 489 g/mol. The third kappa shape index (κ3) is 5.21. The smallest absolute Gasteiger partial charge is 0.338 e. The highest BCUT2D eigenvalue weighted by atomic mass is 16.6. The van der Waals surface area contributed by atoms with Crippen LogP contribution in [0.1, 0.15) is 61.3 Å². The second-order valence-electron chi connectivity index (χ2n) is 10.5. The second kappa shape index (κ2) is 10.3. The molecule has 4 rings (SSSR count). The van der Waals surface area contributed by atoms with Crippen molar-refractivity contribution in [2.75, 3.05) is 13.6 Å². The number of para-hydroxylation sites is 1. The van der Waals surface area contributed by atoms with Crippen LogP contribution in [0.4, 0.5) is 0 Å². The van der Waals surface area contributed by atoms with Crippen LogP contribution in [0.2, 0.25) is 0 Å². The summed E-state index contributed by atoms with van der Waals surface area (Å²) in [6.07, 6.45) is 1.95. The fourth-order valence-corrected chi connectivity index (χ4v) is 4.90. The van der Waals surface area contributed by atoms with Crippen LogP contribution in [-0.4, -0.2) is 57.9 Å². The van der Waals surface area contributed by atoms with Gasteiger partial charge in [0, 0.05) is 36.2 Å². The summed E-state index contributed by atoms with van der Waals surface area (Å²) < 4.78 is 7.78. The minimum absolute atomic E-state index is 0.144. The van der Waals surface area contributed by atoms with E-state index in [1.807, 2.05) is 76.0 Å². The molecule has 0 radical (unpaired) electrons. The molecule has 2 heterocycles. The van der Waals surface area contributed by atoms with Crippen molar-refractivity contribution in [3.05, 3.63) is 70.9 Å². The van der Waals surface area contributed by atoms with Crippen LogP contribution < -0.4 is 0 Å². The molecule has 3 aromatic rings. The molecule has 2 amide bonds. The maximum Gasteiger partial charge on any atom is 0.338 e. The van der Waals surface area contributed by atoms with Gasteiger partial charge in [0.25, 0.3) is 0 Å². The second-order valence-corrected chi connectivity index (χ2v) is 10.5. The predicted octanol–water partition coefficient (Wildman–Crippen LogP) is 4.40. The summed E-state index contributed by atoms with van der Waals surface area (Å²) in [5.74, 6) is -0.475. The van der Waals surface area contributed by atoms with Crippen molar-refractivity contribution in [3.63, 3.8) is 0 Å². The number of hydrogen-bond acceptors (Lipinski definition) is 5. The summed E-state index contributed by atoms with van der Waals surface area (Å²) in [7, 11) is 1.94. The van der Waals surface area contributed by atoms with E-state index in [4.69, 9.17) is 4.74 Å². The molecule has 1 aliphatic rings.